The standard InChI is InChI=1S/C53H73N7O8/c1-6-10-44(7-2)42(4)57-53(63)52(45-16-11-41(3)12-17-45)60(48-20-21-48)51(62)26-15-43-13-22-49(23-14-43)67-31-9-8-29-59(5)30-34-66-36-35-64-32-27-47(58-54)39-55-28-33-65-37-38-68-50-24-18-46(19-25-50)56-40-61/h6-7,10-14,16-19,22-25,39-40,42,48,52H,1-2,8-9,15,20-21,26-38,54H2,3-5H3,(H,56,61)(H,57,63)/b44-10+,55-39?,58-47-. The molecule has 4 rings (SSSR count). The SMILES string of the molecule is C=C/C=C(\C=C)C(C)NC(=O)C(c1ccc(C)cc1)N(C(=O)CCc1ccc(OCCCCN(C)CCOCCOCC/C(C=NCCOCCOc2ccc(NC=O)cc2)=N/N)cc1)C1CC1. The molecule has 0 aromatic heterocycles. The van der Waals surface area contributed by atoms with Crippen molar-refractivity contribution in [3.05, 3.63) is 126 Å². The lowest BCUT2D eigenvalue weighted by atomic mass is 10.00. The van der Waals surface area contributed by atoms with Gasteiger partial charge in [-0.25, -0.2) is 0 Å². The highest BCUT2D eigenvalue weighted by Gasteiger charge is 2.41. The van der Waals surface area contributed by atoms with E-state index < -0.39 is 6.04 Å². The molecule has 15 nitrogen and oxygen atoms in total. The van der Waals surface area contributed by atoms with Gasteiger partial charge in [-0.15, -0.1) is 0 Å². The summed E-state index contributed by atoms with van der Waals surface area (Å²) in [4.78, 5) is 46.8. The van der Waals surface area contributed by atoms with Gasteiger partial charge in [-0.1, -0.05) is 73.3 Å². The van der Waals surface area contributed by atoms with Crippen molar-refractivity contribution in [3.63, 3.8) is 0 Å². The number of rotatable bonds is 36. The Morgan fingerprint density at radius 3 is 2.15 bits per heavy atom. The van der Waals surface area contributed by atoms with E-state index in [1.807, 2.05) is 73.4 Å². The number of carbonyl (C=O) groups is 3. The number of aryl methyl sites for hydroxylation is 2. The number of ether oxygens (including phenoxy) is 5. The number of likely N-dealkylation sites (N-methyl/N-ethyl adjacent to an activating group) is 1. The lowest BCUT2D eigenvalue weighted by Gasteiger charge is -2.33. The van der Waals surface area contributed by atoms with Crippen LogP contribution in [0.2, 0.25) is 0 Å². The monoisotopic (exact) mass is 936 g/mol. The topological polar surface area (TPSA) is 179 Å². The van der Waals surface area contributed by atoms with Crippen molar-refractivity contribution in [2.75, 3.05) is 84.9 Å². The van der Waals surface area contributed by atoms with Gasteiger partial charge in [-0.2, -0.15) is 5.10 Å². The van der Waals surface area contributed by atoms with Gasteiger partial charge in [0.1, 0.15) is 24.1 Å². The normalized spacial score (nSPS) is 13.8. The minimum atomic E-state index is -0.734. The van der Waals surface area contributed by atoms with Crippen molar-refractivity contribution in [3.8, 4) is 11.5 Å². The predicted octanol–water partition coefficient (Wildman–Crippen LogP) is 7.03. The maximum atomic E-state index is 14.0. The molecular formula is C53H73N7O8. The van der Waals surface area contributed by atoms with Crippen molar-refractivity contribution in [2.45, 2.75) is 76.9 Å². The Kier molecular flexibility index (Phi) is 25.5. The molecule has 15 heteroatoms. The van der Waals surface area contributed by atoms with E-state index in [2.05, 4.69) is 45.8 Å². The highest BCUT2D eigenvalue weighted by molar-refractivity contribution is 6.30. The second-order valence-electron chi connectivity index (χ2n) is 16.6. The van der Waals surface area contributed by atoms with Gasteiger partial charge >= 0.3 is 0 Å². The van der Waals surface area contributed by atoms with Crippen molar-refractivity contribution in [2.24, 2.45) is 15.9 Å². The molecule has 3 aromatic rings. The molecule has 2 unspecified atom stereocenters. The summed E-state index contributed by atoms with van der Waals surface area (Å²) in [5.74, 6) is 6.77. The highest BCUT2D eigenvalue weighted by Crippen LogP contribution is 2.36. The molecular weight excluding hydrogens is 863 g/mol. The molecule has 1 aliphatic rings. The third-order valence-corrected chi connectivity index (χ3v) is 11.1. The molecule has 0 radical (unpaired) electrons. The summed E-state index contributed by atoms with van der Waals surface area (Å²) < 4.78 is 28.7. The average Bonchev–Trinajstić information content (AvgIpc) is 4.19. The number of amides is 3. The number of hydrazone groups is 1. The summed E-state index contributed by atoms with van der Waals surface area (Å²) in [6.07, 6.45) is 12.6. The molecule has 0 spiro atoms. The zero-order chi connectivity index (χ0) is 48.8. The van der Waals surface area contributed by atoms with Crippen LogP contribution < -0.4 is 25.9 Å². The first kappa shape index (κ1) is 54.5. The molecule has 3 aromatic carbocycles. The minimum absolute atomic E-state index is 0.0331. The Morgan fingerprint density at radius 2 is 1.49 bits per heavy atom. The van der Waals surface area contributed by atoms with Gasteiger partial charge in [0.2, 0.25) is 18.2 Å². The number of hydrogen-bond acceptors (Lipinski definition) is 12. The number of unbranched alkanes of at least 4 members (excludes halogenated alkanes) is 1. The van der Waals surface area contributed by atoms with Crippen LogP contribution in [0.1, 0.15) is 68.2 Å². The molecule has 2 atom stereocenters. The number of aliphatic imine (C=N–C) groups is 1. The van der Waals surface area contributed by atoms with E-state index in [1.165, 1.54) is 0 Å². The first-order valence-electron chi connectivity index (χ1n) is 23.6. The zero-order valence-corrected chi connectivity index (χ0v) is 40.3. The molecule has 0 heterocycles. The third-order valence-electron chi connectivity index (χ3n) is 11.1. The molecule has 0 aliphatic heterocycles. The quantitative estimate of drug-likeness (QED) is 0.0137. The van der Waals surface area contributed by atoms with Crippen molar-refractivity contribution in [1.82, 2.24) is 15.1 Å². The summed E-state index contributed by atoms with van der Waals surface area (Å²) >= 11 is 0. The Morgan fingerprint density at radius 1 is 0.824 bits per heavy atom. The molecule has 0 saturated heterocycles. The van der Waals surface area contributed by atoms with Gasteiger partial charge in [-0.3, -0.25) is 19.4 Å². The Bertz CT molecular complexity index is 2050. The molecule has 1 saturated carbocycles. The second kappa shape index (κ2) is 31.8. The van der Waals surface area contributed by atoms with Crippen LogP contribution in [-0.4, -0.2) is 132 Å². The molecule has 4 N–H and O–H groups in total. The van der Waals surface area contributed by atoms with E-state index in [0.29, 0.717) is 102 Å². The largest absolute Gasteiger partial charge is 0.494 e. The number of allylic oxidation sites excluding steroid dienone is 2. The van der Waals surface area contributed by atoms with Gasteiger partial charge in [0.05, 0.1) is 64.5 Å². The second-order valence-corrected chi connectivity index (χ2v) is 16.6. The van der Waals surface area contributed by atoms with Gasteiger partial charge in [0.25, 0.3) is 0 Å². The van der Waals surface area contributed by atoms with Crippen LogP contribution in [0.4, 0.5) is 5.69 Å². The van der Waals surface area contributed by atoms with Crippen LogP contribution >= 0.6 is 0 Å². The zero-order valence-electron chi connectivity index (χ0n) is 40.3. The van der Waals surface area contributed by atoms with Crippen molar-refractivity contribution >= 4 is 35.8 Å². The van der Waals surface area contributed by atoms with Crippen LogP contribution in [0.3, 0.4) is 0 Å². The average molecular weight is 936 g/mol. The fourth-order valence-electron chi connectivity index (χ4n) is 7.12. The Labute approximate surface area is 403 Å². The minimum Gasteiger partial charge on any atom is -0.494 e. The predicted molar refractivity (Wildman–Crippen MR) is 271 cm³/mol. The van der Waals surface area contributed by atoms with Crippen LogP contribution in [0, 0.1) is 6.92 Å². The molecule has 68 heavy (non-hydrogen) atoms. The van der Waals surface area contributed by atoms with Crippen molar-refractivity contribution < 1.29 is 38.1 Å². The van der Waals surface area contributed by atoms with E-state index in [9.17, 15) is 14.4 Å². The number of nitrogens with zero attached hydrogens (tertiary/aromatic N) is 4. The summed E-state index contributed by atoms with van der Waals surface area (Å²) in [7, 11) is 2.09. The summed E-state index contributed by atoms with van der Waals surface area (Å²) in [5.41, 5.74) is 5.12. The summed E-state index contributed by atoms with van der Waals surface area (Å²) in [6.45, 7) is 17.7. The summed E-state index contributed by atoms with van der Waals surface area (Å²) in [5, 5.41) is 9.50. The van der Waals surface area contributed by atoms with Crippen LogP contribution in [0.25, 0.3) is 0 Å². The number of carbonyl (C=O) groups excluding carboxylic acids is 3. The fourth-order valence-corrected chi connectivity index (χ4v) is 7.12. The molecule has 3 amide bonds. The maximum Gasteiger partial charge on any atom is 0.247 e. The Balaban J connectivity index is 1.03. The number of nitrogens with one attached hydrogen (secondary N) is 2. The van der Waals surface area contributed by atoms with Gasteiger partial charge < -0.3 is 50.0 Å². The van der Waals surface area contributed by atoms with Crippen LogP contribution in [0.5, 0.6) is 11.5 Å². The van der Waals surface area contributed by atoms with E-state index >= 15 is 0 Å². The van der Waals surface area contributed by atoms with Gasteiger partial charge in [0, 0.05) is 37.3 Å². The number of benzene rings is 3. The summed E-state index contributed by atoms with van der Waals surface area (Å²) in [6, 6.07) is 21.9. The highest BCUT2D eigenvalue weighted by atomic mass is 16.5. The molecule has 1 fully saturated rings. The lowest BCUT2D eigenvalue weighted by Crippen LogP contribution is -2.47. The first-order chi connectivity index (χ1) is 33.1. The van der Waals surface area contributed by atoms with Gasteiger partial charge in [-0.05, 0) is 113 Å². The molecule has 368 valence electrons. The maximum absolute atomic E-state index is 14.0. The first-order valence-corrected chi connectivity index (χ1v) is 23.6. The number of hydrogen-bond donors (Lipinski definition) is 3. The number of nitrogens with two attached hydrogens (primary N) is 1. The lowest BCUT2D eigenvalue weighted by molar-refractivity contribution is -0.141. The van der Waals surface area contributed by atoms with Gasteiger partial charge in [0.15, 0.2) is 0 Å². The third kappa shape index (κ3) is 20.8. The fraction of sp³-hybridized carbons (Fsp3) is 0.453. The molecule has 1 aliphatic carbocycles. The van der Waals surface area contributed by atoms with E-state index in [4.69, 9.17) is 29.5 Å². The Hall–Kier alpha value is -6.13. The number of anilines is 1. The van der Waals surface area contributed by atoms with E-state index in [0.717, 1.165) is 66.8 Å². The molecule has 0 bridgehead atoms. The van der Waals surface area contributed by atoms with E-state index in [-0.39, 0.29) is 23.9 Å². The van der Waals surface area contributed by atoms with Crippen LogP contribution in [0.15, 0.2) is 120 Å². The van der Waals surface area contributed by atoms with Crippen molar-refractivity contribution in [1.29, 1.82) is 0 Å². The van der Waals surface area contributed by atoms with E-state index in [1.54, 1.807) is 42.6 Å². The smallest absolute Gasteiger partial charge is 0.247 e. The van der Waals surface area contributed by atoms with Crippen LogP contribution in [-0.2, 0) is 35.0 Å².